The van der Waals surface area contributed by atoms with Crippen LogP contribution < -0.4 is 15.3 Å². The first-order chi connectivity index (χ1) is 13.0. The highest BCUT2D eigenvalue weighted by atomic mass is 16.5. The lowest BCUT2D eigenvalue weighted by Gasteiger charge is -2.22. The highest BCUT2D eigenvalue weighted by molar-refractivity contribution is 5.81. The molecule has 5 nitrogen and oxygen atoms in total. The van der Waals surface area contributed by atoms with Crippen molar-refractivity contribution in [3.8, 4) is 5.75 Å². The molecule has 1 heterocycles. The third-order valence-corrected chi connectivity index (χ3v) is 4.74. The summed E-state index contributed by atoms with van der Waals surface area (Å²) in [5.41, 5.74) is 3.62. The van der Waals surface area contributed by atoms with Crippen molar-refractivity contribution in [3.63, 3.8) is 0 Å². The maximum absolute atomic E-state index is 12.0. The van der Waals surface area contributed by atoms with Gasteiger partial charge in [-0.2, -0.15) is 0 Å². The predicted molar refractivity (Wildman–Crippen MR) is 110 cm³/mol. The molecule has 0 atom stereocenters. The smallest absolute Gasteiger partial charge is 0.336 e. The summed E-state index contributed by atoms with van der Waals surface area (Å²) in [6.07, 6.45) is 0. The lowest BCUT2D eigenvalue weighted by atomic mass is 10.1. The van der Waals surface area contributed by atoms with E-state index in [-0.39, 0.29) is 5.63 Å². The summed E-state index contributed by atoms with van der Waals surface area (Å²) in [6, 6.07) is 15.8. The number of hydrogen-bond donors (Lipinski definition) is 0. The molecule has 0 aliphatic rings. The fourth-order valence-electron chi connectivity index (χ4n) is 3.15. The molecule has 0 amide bonds. The molecule has 0 fully saturated rings. The third kappa shape index (κ3) is 4.49. The van der Waals surface area contributed by atoms with Crippen LogP contribution in [0.15, 0.2) is 57.7 Å². The van der Waals surface area contributed by atoms with Gasteiger partial charge in [0.25, 0.3) is 0 Å². The Balaban J connectivity index is 1.84. The van der Waals surface area contributed by atoms with Gasteiger partial charge in [-0.05, 0) is 41.9 Å². The van der Waals surface area contributed by atoms with Crippen LogP contribution in [0, 0.1) is 0 Å². The summed E-state index contributed by atoms with van der Waals surface area (Å²) in [5, 5.41) is 0.941. The van der Waals surface area contributed by atoms with E-state index in [0.29, 0.717) is 17.9 Å². The molecule has 0 aliphatic heterocycles. The second kappa shape index (κ2) is 8.27. The molecule has 0 unspecified atom stereocenters. The Kier molecular flexibility index (Phi) is 5.81. The van der Waals surface area contributed by atoms with Gasteiger partial charge < -0.3 is 14.1 Å². The zero-order valence-electron chi connectivity index (χ0n) is 16.4. The third-order valence-electron chi connectivity index (χ3n) is 4.74. The Morgan fingerprint density at radius 1 is 1.00 bits per heavy atom. The zero-order valence-corrected chi connectivity index (χ0v) is 16.4. The molecule has 5 heteroatoms. The number of benzene rings is 2. The first-order valence-electron chi connectivity index (χ1n) is 9.09. The summed E-state index contributed by atoms with van der Waals surface area (Å²) in [5.74, 6) is 0.677. The van der Waals surface area contributed by atoms with E-state index in [1.807, 2.05) is 26.2 Å². The average Bonchev–Trinajstić information content (AvgIpc) is 2.67. The molecular formula is C22H26N2O3. The maximum atomic E-state index is 12.0. The number of methoxy groups -OCH3 is 1. The molecule has 142 valence electrons. The largest absolute Gasteiger partial charge is 0.497 e. The molecular weight excluding hydrogens is 340 g/mol. The molecule has 0 bridgehead atoms. The van der Waals surface area contributed by atoms with Crippen molar-refractivity contribution in [1.82, 2.24) is 4.90 Å². The maximum Gasteiger partial charge on any atom is 0.336 e. The number of nitrogens with zero attached hydrogens (tertiary/aromatic N) is 2. The molecule has 0 aliphatic carbocycles. The molecule has 0 saturated heterocycles. The van der Waals surface area contributed by atoms with E-state index in [4.69, 9.17) is 9.15 Å². The minimum atomic E-state index is -0.336. The van der Waals surface area contributed by atoms with Gasteiger partial charge in [0, 0.05) is 50.4 Å². The van der Waals surface area contributed by atoms with Gasteiger partial charge in [0.15, 0.2) is 0 Å². The van der Waals surface area contributed by atoms with Crippen LogP contribution in [0.3, 0.4) is 0 Å². The first kappa shape index (κ1) is 19.0. The van der Waals surface area contributed by atoms with Gasteiger partial charge in [-0.3, -0.25) is 4.90 Å². The van der Waals surface area contributed by atoms with E-state index in [1.54, 1.807) is 19.2 Å². The fraction of sp³-hybridized carbons (Fsp3) is 0.318. The van der Waals surface area contributed by atoms with Crippen LogP contribution in [-0.2, 0) is 13.1 Å². The molecule has 0 radical (unpaired) electrons. The fourth-order valence-corrected chi connectivity index (χ4v) is 3.15. The van der Waals surface area contributed by atoms with Crippen LogP contribution in [0.4, 0.5) is 5.69 Å². The molecule has 0 N–H and O–H groups in total. The van der Waals surface area contributed by atoms with Crippen LogP contribution in [-0.4, -0.2) is 32.6 Å². The highest BCUT2D eigenvalue weighted by Crippen LogP contribution is 2.24. The van der Waals surface area contributed by atoms with E-state index in [0.717, 1.165) is 24.0 Å². The zero-order chi connectivity index (χ0) is 19.4. The van der Waals surface area contributed by atoms with Gasteiger partial charge in [0.05, 0.1) is 7.11 Å². The number of rotatable bonds is 7. The molecule has 3 rings (SSSR count). The summed E-state index contributed by atoms with van der Waals surface area (Å²) in [7, 11) is 5.67. The quantitative estimate of drug-likeness (QED) is 0.594. The van der Waals surface area contributed by atoms with Crippen LogP contribution in [0.25, 0.3) is 11.0 Å². The van der Waals surface area contributed by atoms with Crippen molar-refractivity contribution in [2.75, 3.05) is 32.6 Å². The molecule has 0 saturated carbocycles. The summed E-state index contributed by atoms with van der Waals surface area (Å²) < 4.78 is 10.6. The van der Waals surface area contributed by atoms with Gasteiger partial charge in [-0.25, -0.2) is 4.79 Å². The Bertz CT molecular complexity index is 961. The Morgan fingerprint density at radius 2 is 1.74 bits per heavy atom. The van der Waals surface area contributed by atoms with Gasteiger partial charge in [-0.1, -0.05) is 19.1 Å². The summed E-state index contributed by atoms with van der Waals surface area (Å²) in [6.45, 7) is 4.51. The number of ether oxygens (including phenoxy) is 1. The molecule has 27 heavy (non-hydrogen) atoms. The monoisotopic (exact) mass is 366 g/mol. The van der Waals surface area contributed by atoms with Crippen molar-refractivity contribution in [3.05, 3.63) is 70.1 Å². The number of fused-ring (bicyclic) bond motifs is 1. The minimum Gasteiger partial charge on any atom is -0.497 e. The molecule has 2 aromatic carbocycles. The van der Waals surface area contributed by atoms with E-state index in [1.165, 1.54) is 11.3 Å². The standard InChI is InChI=1S/C22H26N2O3/c1-5-24(14-16-6-8-18(9-7-16)23(2)3)15-17-12-22(25)27-21-13-19(26-4)10-11-20(17)21/h6-13H,5,14-15H2,1-4H3. The van der Waals surface area contributed by atoms with Gasteiger partial charge in [-0.15, -0.1) is 0 Å². The van der Waals surface area contributed by atoms with Crippen molar-refractivity contribution in [2.45, 2.75) is 20.0 Å². The van der Waals surface area contributed by atoms with Gasteiger partial charge >= 0.3 is 5.63 Å². The van der Waals surface area contributed by atoms with E-state index < -0.39 is 0 Å². The van der Waals surface area contributed by atoms with Crippen molar-refractivity contribution in [1.29, 1.82) is 0 Å². The predicted octanol–water partition coefficient (Wildman–Crippen LogP) is 3.89. The van der Waals surface area contributed by atoms with E-state index in [2.05, 4.69) is 41.0 Å². The van der Waals surface area contributed by atoms with Crippen LogP contribution >= 0.6 is 0 Å². The normalized spacial score (nSPS) is 11.1. The number of hydrogen-bond acceptors (Lipinski definition) is 5. The lowest BCUT2D eigenvalue weighted by Crippen LogP contribution is -2.23. The Labute approximate surface area is 159 Å². The van der Waals surface area contributed by atoms with E-state index in [9.17, 15) is 4.79 Å². The van der Waals surface area contributed by atoms with Crippen molar-refractivity contribution >= 4 is 16.7 Å². The Morgan fingerprint density at radius 3 is 2.37 bits per heavy atom. The van der Waals surface area contributed by atoms with Crippen LogP contribution in [0.2, 0.25) is 0 Å². The molecule has 1 aromatic heterocycles. The summed E-state index contributed by atoms with van der Waals surface area (Å²) >= 11 is 0. The second-order valence-electron chi connectivity index (χ2n) is 6.82. The summed E-state index contributed by atoms with van der Waals surface area (Å²) in [4.78, 5) is 16.4. The van der Waals surface area contributed by atoms with Gasteiger partial charge in [0.2, 0.25) is 0 Å². The average molecular weight is 366 g/mol. The first-order valence-corrected chi connectivity index (χ1v) is 9.09. The molecule has 3 aromatic rings. The minimum absolute atomic E-state index is 0.336. The van der Waals surface area contributed by atoms with Crippen LogP contribution in [0.1, 0.15) is 18.1 Å². The van der Waals surface area contributed by atoms with E-state index >= 15 is 0 Å². The number of anilines is 1. The highest BCUT2D eigenvalue weighted by Gasteiger charge is 2.11. The van der Waals surface area contributed by atoms with Crippen molar-refractivity contribution < 1.29 is 9.15 Å². The van der Waals surface area contributed by atoms with Crippen molar-refractivity contribution in [2.24, 2.45) is 0 Å². The topological polar surface area (TPSA) is 45.9 Å². The lowest BCUT2D eigenvalue weighted by molar-refractivity contribution is 0.272. The van der Waals surface area contributed by atoms with Gasteiger partial charge in [0.1, 0.15) is 11.3 Å². The van der Waals surface area contributed by atoms with Crippen LogP contribution in [0.5, 0.6) is 5.75 Å². The second-order valence-corrected chi connectivity index (χ2v) is 6.82. The SMILES string of the molecule is CCN(Cc1ccc(N(C)C)cc1)Cc1cc(=O)oc2cc(OC)ccc12. The Hall–Kier alpha value is -2.79. The molecule has 0 spiro atoms.